The van der Waals surface area contributed by atoms with Gasteiger partial charge in [-0.3, -0.25) is 5.41 Å². The SMILES string of the molecule is CC(C)Oc1cccnc1N(C)c1ccccc1C(=N)N. The Bertz CT molecular complexity index is 640. The monoisotopic (exact) mass is 284 g/mol. The van der Waals surface area contributed by atoms with E-state index in [4.69, 9.17) is 15.9 Å². The van der Waals surface area contributed by atoms with Gasteiger partial charge in [-0.2, -0.15) is 0 Å². The van der Waals surface area contributed by atoms with Crippen LogP contribution < -0.4 is 15.4 Å². The third-order valence-electron chi connectivity index (χ3n) is 2.99. The molecular weight excluding hydrogens is 264 g/mol. The molecule has 21 heavy (non-hydrogen) atoms. The van der Waals surface area contributed by atoms with E-state index in [9.17, 15) is 0 Å². The number of pyridine rings is 1. The molecule has 110 valence electrons. The van der Waals surface area contributed by atoms with Crippen molar-refractivity contribution in [1.82, 2.24) is 4.98 Å². The fraction of sp³-hybridized carbons (Fsp3) is 0.250. The van der Waals surface area contributed by atoms with Crippen LogP contribution in [0.5, 0.6) is 5.75 Å². The molecule has 1 aromatic heterocycles. The molecule has 0 bridgehead atoms. The number of hydrogen-bond donors (Lipinski definition) is 2. The number of benzene rings is 1. The Labute approximate surface area is 124 Å². The van der Waals surface area contributed by atoms with Crippen LogP contribution in [0.1, 0.15) is 19.4 Å². The molecule has 1 heterocycles. The zero-order valence-corrected chi connectivity index (χ0v) is 12.5. The van der Waals surface area contributed by atoms with Gasteiger partial charge in [0.15, 0.2) is 11.6 Å². The fourth-order valence-electron chi connectivity index (χ4n) is 2.09. The molecule has 2 rings (SSSR count). The molecule has 0 spiro atoms. The number of rotatable bonds is 5. The molecular formula is C16H20N4O. The van der Waals surface area contributed by atoms with E-state index in [1.165, 1.54) is 0 Å². The Morgan fingerprint density at radius 2 is 1.95 bits per heavy atom. The number of para-hydroxylation sites is 1. The molecule has 2 aromatic rings. The van der Waals surface area contributed by atoms with Gasteiger partial charge in [0.2, 0.25) is 0 Å². The number of aromatic nitrogens is 1. The zero-order valence-electron chi connectivity index (χ0n) is 12.5. The van der Waals surface area contributed by atoms with Gasteiger partial charge in [0.05, 0.1) is 11.8 Å². The van der Waals surface area contributed by atoms with E-state index in [2.05, 4.69) is 4.98 Å². The van der Waals surface area contributed by atoms with Gasteiger partial charge in [0, 0.05) is 18.8 Å². The molecule has 5 nitrogen and oxygen atoms in total. The second-order valence-corrected chi connectivity index (χ2v) is 4.98. The summed E-state index contributed by atoms with van der Waals surface area (Å²) in [6.07, 6.45) is 1.78. The van der Waals surface area contributed by atoms with E-state index in [0.29, 0.717) is 17.1 Å². The number of nitrogens with one attached hydrogen (secondary N) is 1. The van der Waals surface area contributed by atoms with E-state index in [1.807, 2.05) is 62.2 Å². The summed E-state index contributed by atoms with van der Waals surface area (Å²) in [6.45, 7) is 3.95. The van der Waals surface area contributed by atoms with Crippen molar-refractivity contribution in [2.24, 2.45) is 5.73 Å². The van der Waals surface area contributed by atoms with Crippen molar-refractivity contribution in [3.8, 4) is 5.75 Å². The Balaban J connectivity index is 2.46. The summed E-state index contributed by atoms with van der Waals surface area (Å²) in [5.74, 6) is 1.42. The summed E-state index contributed by atoms with van der Waals surface area (Å²) in [7, 11) is 1.89. The molecule has 5 heteroatoms. The van der Waals surface area contributed by atoms with Crippen LogP contribution in [0.15, 0.2) is 42.6 Å². The Kier molecular flexibility index (Phi) is 4.42. The van der Waals surface area contributed by atoms with Crippen LogP contribution in [0.2, 0.25) is 0 Å². The lowest BCUT2D eigenvalue weighted by Crippen LogP contribution is -2.20. The van der Waals surface area contributed by atoms with Crippen molar-refractivity contribution >= 4 is 17.3 Å². The molecule has 0 saturated carbocycles. The lowest BCUT2D eigenvalue weighted by atomic mass is 10.1. The normalized spacial score (nSPS) is 10.5. The van der Waals surface area contributed by atoms with Crippen molar-refractivity contribution in [3.05, 3.63) is 48.2 Å². The van der Waals surface area contributed by atoms with Crippen LogP contribution in [-0.2, 0) is 0 Å². The standard InChI is InChI=1S/C16H20N4O/c1-11(2)21-14-9-6-10-19-16(14)20(3)13-8-5-4-7-12(13)15(17)18/h4-11H,1-3H3,(H3,17,18). The van der Waals surface area contributed by atoms with Crippen LogP contribution in [0.3, 0.4) is 0 Å². The predicted octanol–water partition coefficient (Wildman–Crippen LogP) is 2.92. The average molecular weight is 284 g/mol. The Morgan fingerprint density at radius 3 is 2.62 bits per heavy atom. The van der Waals surface area contributed by atoms with Gasteiger partial charge in [-0.15, -0.1) is 0 Å². The second kappa shape index (κ2) is 6.26. The molecule has 0 saturated heterocycles. The van der Waals surface area contributed by atoms with Crippen molar-refractivity contribution in [2.45, 2.75) is 20.0 Å². The van der Waals surface area contributed by atoms with Crippen LogP contribution in [0.25, 0.3) is 0 Å². The number of ether oxygens (including phenoxy) is 1. The molecule has 0 aliphatic heterocycles. The van der Waals surface area contributed by atoms with E-state index in [0.717, 1.165) is 5.69 Å². The summed E-state index contributed by atoms with van der Waals surface area (Å²) >= 11 is 0. The molecule has 0 unspecified atom stereocenters. The number of nitrogens with zero attached hydrogens (tertiary/aromatic N) is 2. The van der Waals surface area contributed by atoms with Crippen molar-refractivity contribution < 1.29 is 4.74 Å². The van der Waals surface area contributed by atoms with Gasteiger partial charge in [-0.05, 0) is 38.1 Å². The van der Waals surface area contributed by atoms with Crippen LogP contribution in [-0.4, -0.2) is 24.0 Å². The highest BCUT2D eigenvalue weighted by Crippen LogP contribution is 2.32. The molecule has 0 aliphatic rings. The molecule has 0 aliphatic carbocycles. The smallest absolute Gasteiger partial charge is 0.175 e. The minimum Gasteiger partial charge on any atom is -0.487 e. The molecule has 0 amide bonds. The number of nitrogens with two attached hydrogens (primary N) is 1. The van der Waals surface area contributed by atoms with Crippen LogP contribution >= 0.6 is 0 Å². The predicted molar refractivity (Wildman–Crippen MR) is 85.5 cm³/mol. The quantitative estimate of drug-likeness (QED) is 0.654. The van der Waals surface area contributed by atoms with Gasteiger partial charge < -0.3 is 15.4 Å². The first kappa shape index (κ1) is 14.8. The first-order chi connectivity index (χ1) is 10.0. The van der Waals surface area contributed by atoms with Gasteiger partial charge in [-0.25, -0.2) is 4.98 Å². The highest BCUT2D eigenvalue weighted by atomic mass is 16.5. The molecule has 0 atom stereocenters. The zero-order chi connectivity index (χ0) is 15.4. The third kappa shape index (κ3) is 3.31. The van der Waals surface area contributed by atoms with Crippen molar-refractivity contribution in [3.63, 3.8) is 0 Å². The molecule has 1 aromatic carbocycles. The fourth-order valence-corrected chi connectivity index (χ4v) is 2.09. The maximum absolute atomic E-state index is 7.70. The van der Waals surface area contributed by atoms with Crippen LogP contribution in [0, 0.1) is 5.41 Å². The molecule has 0 fully saturated rings. The van der Waals surface area contributed by atoms with Gasteiger partial charge in [0.1, 0.15) is 5.84 Å². The van der Waals surface area contributed by atoms with Gasteiger partial charge in [0.25, 0.3) is 0 Å². The first-order valence-electron chi connectivity index (χ1n) is 6.79. The maximum Gasteiger partial charge on any atom is 0.175 e. The summed E-state index contributed by atoms with van der Waals surface area (Å²) < 4.78 is 5.80. The molecule has 0 radical (unpaired) electrons. The lowest BCUT2D eigenvalue weighted by molar-refractivity contribution is 0.242. The summed E-state index contributed by atoms with van der Waals surface area (Å²) in [5.41, 5.74) is 7.14. The highest BCUT2D eigenvalue weighted by molar-refractivity contribution is 6.01. The van der Waals surface area contributed by atoms with E-state index >= 15 is 0 Å². The maximum atomic E-state index is 7.70. The largest absolute Gasteiger partial charge is 0.487 e. The van der Waals surface area contributed by atoms with E-state index in [-0.39, 0.29) is 11.9 Å². The minimum atomic E-state index is 0.0275. The lowest BCUT2D eigenvalue weighted by Gasteiger charge is -2.24. The van der Waals surface area contributed by atoms with Crippen LogP contribution in [0.4, 0.5) is 11.5 Å². The summed E-state index contributed by atoms with van der Waals surface area (Å²) in [4.78, 5) is 6.28. The average Bonchev–Trinajstić information content (AvgIpc) is 2.46. The highest BCUT2D eigenvalue weighted by Gasteiger charge is 2.16. The number of anilines is 2. The minimum absolute atomic E-state index is 0.0275. The topological polar surface area (TPSA) is 75.2 Å². The van der Waals surface area contributed by atoms with Crippen molar-refractivity contribution in [2.75, 3.05) is 11.9 Å². The third-order valence-corrected chi connectivity index (χ3v) is 2.99. The van der Waals surface area contributed by atoms with Gasteiger partial charge >= 0.3 is 0 Å². The van der Waals surface area contributed by atoms with Gasteiger partial charge in [-0.1, -0.05) is 12.1 Å². The first-order valence-corrected chi connectivity index (χ1v) is 6.79. The summed E-state index contributed by atoms with van der Waals surface area (Å²) in [5, 5.41) is 7.70. The number of amidine groups is 1. The molecule has 3 N–H and O–H groups in total. The van der Waals surface area contributed by atoms with E-state index in [1.54, 1.807) is 6.20 Å². The number of nitrogen functional groups attached to an aromatic ring is 1. The number of hydrogen-bond acceptors (Lipinski definition) is 4. The Morgan fingerprint density at radius 1 is 1.24 bits per heavy atom. The summed E-state index contributed by atoms with van der Waals surface area (Å²) in [6, 6.07) is 11.2. The second-order valence-electron chi connectivity index (χ2n) is 4.98. The van der Waals surface area contributed by atoms with Crippen molar-refractivity contribution in [1.29, 1.82) is 5.41 Å². The Hall–Kier alpha value is -2.56. The van der Waals surface area contributed by atoms with E-state index < -0.39 is 0 Å².